The van der Waals surface area contributed by atoms with Crippen LogP contribution in [0.1, 0.15) is 17.5 Å². The minimum absolute atomic E-state index is 0.0589. The highest BCUT2D eigenvalue weighted by molar-refractivity contribution is 6.30. The van der Waals surface area contributed by atoms with Gasteiger partial charge in [-0.2, -0.15) is 0 Å². The molecule has 0 saturated heterocycles. The second-order valence-corrected chi connectivity index (χ2v) is 3.96. The van der Waals surface area contributed by atoms with Gasteiger partial charge in [-0.05, 0) is 30.8 Å². The summed E-state index contributed by atoms with van der Waals surface area (Å²) in [4.78, 5) is 10.7. The Kier molecular flexibility index (Phi) is 5.55. The van der Waals surface area contributed by atoms with Crippen molar-refractivity contribution in [2.75, 3.05) is 13.6 Å². The highest BCUT2D eigenvalue weighted by Crippen LogP contribution is 2.16. The molecule has 1 aromatic carbocycles. The van der Waals surface area contributed by atoms with E-state index in [1.54, 1.807) is 18.2 Å². The zero-order chi connectivity index (χ0) is 12.7. The highest BCUT2D eigenvalue weighted by atomic mass is 35.5. The molecule has 0 amide bonds. The molecule has 2 N–H and O–H groups in total. The largest absolute Gasteiger partial charge is 0.481 e. The fourth-order valence-corrected chi connectivity index (χ4v) is 1.53. The standard InChI is InChI=1S/C13H14ClNO2/c1-15-7-3-2-4-10-5-6-12(14)8-11(10)9-13(16)17/h5-6,8,15H,3,7,9H2,1H3,(H,16,17). The molecule has 4 heteroatoms. The first kappa shape index (κ1) is 13.6. The van der Waals surface area contributed by atoms with Gasteiger partial charge in [-0.3, -0.25) is 4.79 Å². The predicted molar refractivity (Wildman–Crippen MR) is 68.2 cm³/mol. The highest BCUT2D eigenvalue weighted by Gasteiger charge is 2.05. The number of carboxylic acid groups (broad SMARTS) is 1. The summed E-state index contributed by atoms with van der Waals surface area (Å²) in [5.74, 6) is 5.07. The molecule has 0 aromatic heterocycles. The van der Waals surface area contributed by atoms with Crippen LogP contribution < -0.4 is 5.32 Å². The van der Waals surface area contributed by atoms with Crippen molar-refractivity contribution in [1.82, 2.24) is 5.32 Å². The number of hydrogen-bond acceptors (Lipinski definition) is 2. The Balaban J connectivity index is 2.88. The van der Waals surface area contributed by atoms with Gasteiger partial charge in [-0.1, -0.05) is 23.4 Å². The average Bonchev–Trinajstić information content (AvgIpc) is 2.26. The van der Waals surface area contributed by atoms with Crippen molar-refractivity contribution < 1.29 is 9.90 Å². The maximum absolute atomic E-state index is 10.7. The normalized spacial score (nSPS) is 9.53. The van der Waals surface area contributed by atoms with Crippen molar-refractivity contribution in [1.29, 1.82) is 0 Å². The molecule has 0 atom stereocenters. The first-order chi connectivity index (χ1) is 8.13. The summed E-state index contributed by atoms with van der Waals surface area (Å²) in [6.45, 7) is 0.814. The van der Waals surface area contributed by atoms with E-state index in [-0.39, 0.29) is 6.42 Å². The van der Waals surface area contributed by atoms with Gasteiger partial charge in [-0.25, -0.2) is 0 Å². The molecule has 1 rings (SSSR count). The summed E-state index contributed by atoms with van der Waals surface area (Å²) in [5, 5.41) is 12.3. The van der Waals surface area contributed by atoms with Gasteiger partial charge >= 0.3 is 5.97 Å². The molecule has 1 aromatic rings. The van der Waals surface area contributed by atoms with Crippen LogP contribution in [-0.2, 0) is 11.2 Å². The lowest BCUT2D eigenvalue weighted by molar-refractivity contribution is -0.136. The number of nitrogens with one attached hydrogen (secondary N) is 1. The molecule has 0 spiro atoms. The smallest absolute Gasteiger partial charge is 0.307 e. The van der Waals surface area contributed by atoms with Crippen molar-refractivity contribution in [2.45, 2.75) is 12.8 Å². The third-order valence-corrected chi connectivity index (χ3v) is 2.37. The molecular formula is C13H14ClNO2. The molecule has 0 saturated carbocycles. The van der Waals surface area contributed by atoms with E-state index in [1.807, 2.05) is 7.05 Å². The number of halogens is 1. The third kappa shape index (κ3) is 4.90. The molecule has 0 aliphatic heterocycles. The van der Waals surface area contributed by atoms with E-state index < -0.39 is 5.97 Å². The average molecular weight is 252 g/mol. The molecule has 0 unspecified atom stereocenters. The Morgan fingerprint density at radius 1 is 1.53 bits per heavy atom. The predicted octanol–water partition coefficient (Wildman–Crippen LogP) is 1.93. The Hall–Kier alpha value is -1.50. The number of carbonyl (C=O) groups is 1. The topological polar surface area (TPSA) is 49.3 Å². The van der Waals surface area contributed by atoms with Crippen LogP contribution in [0.3, 0.4) is 0 Å². The van der Waals surface area contributed by atoms with Gasteiger partial charge in [-0.15, -0.1) is 0 Å². The maximum atomic E-state index is 10.7. The van der Waals surface area contributed by atoms with Crippen molar-refractivity contribution >= 4 is 17.6 Å². The van der Waals surface area contributed by atoms with Gasteiger partial charge < -0.3 is 10.4 Å². The molecule has 0 heterocycles. The number of rotatable bonds is 4. The van der Waals surface area contributed by atoms with Gasteiger partial charge in [0.25, 0.3) is 0 Å². The number of carboxylic acids is 1. The number of hydrogen-bond donors (Lipinski definition) is 2. The molecule has 0 aliphatic carbocycles. The molecular weight excluding hydrogens is 238 g/mol. The second kappa shape index (κ2) is 6.95. The molecule has 0 aliphatic rings. The molecule has 0 radical (unpaired) electrons. The van der Waals surface area contributed by atoms with E-state index in [2.05, 4.69) is 17.2 Å². The van der Waals surface area contributed by atoms with E-state index in [1.165, 1.54) is 0 Å². The molecule has 17 heavy (non-hydrogen) atoms. The number of aliphatic carboxylic acids is 1. The zero-order valence-corrected chi connectivity index (χ0v) is 10.3. The van der Waals surface area contributed by atoms with Crippen LogP contribution >= 0.6 is 11.6 Å². The fourth-order valence-electron chi connectivity index (χ4n) is 1.34. The van der Waals surface area contributed by atoms with E-state index >= 15 is 0 Å². The van der Waals surface area contributed by atoms with Gasteiger partial charge in [0.1, 0.15) is 0 Å². The Bertz CT molecular complexity index is 460. The lowest BCUT2D eigenvalue weighted by Gasteiger charge is -2.02. The minimum atomic E-state index is -0.884. The summed E-state index contributed by atoms with van der Waals surface area (Å²) in [6, 6.07) is 5.12. The van der Waals surface area contributed by atoms with Gasteiger partial charge in [0.15, 0.2) is 0 Å². The summed E-state index contributed by atoms with van der Waals surface area (Å²) < 4.78 is 0. The lowest BCUT2D eigenvalue weighted by atomic mass is 10.0. The fraction of sp³-hybridized carbons (Fsp3) is 0.308. The first-order valence-electron chi connectivity index (χ1n) is 5.27. The van der Waals surface area contributed by atoms with E-state index in [0.717, 1.165) is 18.5 Å². The van der Waals surface area contributed by atoms with Crippen LogP contribution in [0.2, 0.25) is 5.02 Å². The van der Waals surface area contributed by atoms with Crippen molar-refractivity contribution in [3.05, 3.63) is 34.3 Å². The summed E-state index contributed by atoms with van der Waals surface area (Å²) in [7, 11) is 1.86. The quantitative estimate of drug-likeness (QED) is 0.635. The van der Waals surface area contributed by atoms with E-state index in [9.17, 15) is 4.79 Å². The zero-order valence-electron chi connectivity index (χ0n) is 9.59. The monoisotopic (exact) mass is 251 g/mol. The summed E-state index contributed by atoms with van der Waals surface area (Å²) in [6.07, 6.45) is 0.669. The second-order valence-electron chi connectivity index (χ2n) is 3.53. The molecule has 90 valence electrons. The summed E-state index contributed by atoms with van der Waals surface area (Å²) in [5.41, 5.74) is 1.38. The van der Waals surface area contributed by atoms with Gasteiger partial charge in [0.2, 0.25) is 0 Å². The SMILES string of the molecule is CNCCC#Cc1ccc(Cl)cc1CC(=O)O. The first-order valence-corrected chi connectivity index (χ1v) is 5.65. The van der Waals surface area contributed by atoms with Gasteiger partial charge in [0.05, 0.1) is 6.42 Å². The van der Waals surface area contributed by atoms with Crippen LogP contribution in [0.25, 0.3) is 0 Å². The molecule has 0 bridgehead atoms. The Morgan fingerprint density at radius 3 is 2.94 bits per heavy atom. The van der Waals surface area contributed by atoms with Gasteiger partial charge in [0, 0.05) is 23.6 Å². The van der Waals surface area contributed by atoms with E-state index in [0.29, 0.717) is 10.6 Å². The Morgan fingerprint density at radius 2 is 2.29 bits per heavy atom. The van der Waals surface area contributed by atoms with Crippen LogP contribution in [0, 0.1) is 11.8 Å². The lowest BCUT2D eigenvalue weighted by Crippen LogP contribution is -2.06. The van der Waals surface area contributed by atoms with E-state index in [4.69, 9.17) is 16.7 Å². The number of benzene rings is 1. The molecule has 0 fully saturated rings. The van der Waals surface area contributed by atoms with Crippen LogP contribution in [-0.4, -0.2) is 24.7 Å². The van der Waals surface area contributed by atoms with Crippen molar-refractivity contribution in [2.24, 2.45) is 0 Å². The van der Waals surface area contributed by atoms with Crippen LogP contribution in [0.15, 0.2) is 18.2 Å². The van der Waals surface area contributed by atoms with Crippen LogP contribution in [0.4, 0.5) is 0 Å². The summed E-state index contributed by atoms with van der Waals surface area (Å²) >= 11 is 5.83. The minimum Gasteiger partial charge on any atom is -0.481 e. The molecule has 3 nitrogen and oxygen atoms in total. The van der Waals surface area contributed by atoms with Crippen LogP contribution in [0.5, 0.6) is 0 Å². The Labute approximate surface area is 106 Å². The maximum Gasteiger partial charge on any atom is 0.307 e. The third-order valence-electron chi connectivity index (χ3n) is 2.13. The van der Waals surface area contributed by atoms with Crippen molar-refractivity contribution in [3.63, 3.8) is 0 Å². The van der Waals surface area contributed by atoms with Crippen molar-refractivity contribution in [3.8, 4) is 11.8 Å².